The molecule has 4 nitrogen and oxygen atoms in total. The molecule has 18 heavy (non-hydrogen) atoms. The van der Waals surface area contributed by atoms with E-state index in [-0.39, 0.29) is 0 Å². The highest BCUT2D eigenvalue weighted by Crippen LogP contribution is 2.31. The predicted molar refractivity (Wildman–Crippen MR) is 82.9 cm³/mol. The highest BCUT2D eigenvalue weighted by molar-refractivity contribution is 6.95. The molecule has 0 saturated carbocycles. The van der Waals surface area contributed by atoms with Crippen LogP contribution in [-0.2, 0) is 16.5 Å². The van der Waals surface area contributed by atoms with Gasteiger partial charge >= 0.3 is 34.2 Å². The van der Waals surface area contributed by atoms with E-state index in [4.69, 9.17) is 16.5 Å². The topological polar surface area (TPSA) is 36.9 Å². The maximum Gasteiger partial charge on any atom is 0.343 e. The van der Waals surface area contributed by atoms with Crippen LogP contribution in [-0.4, -0.2) is 34.2 Å². The summed E-state index contributed by atoms with van der Waals surface area (Å²) in [6.07, 6.45) is 0. The summed E-state index contributed by atoms with van der Waals surface area (Å²) in [7, 11) is -9.42. The lowest BCUT2D eigenvalue weighted by atomic mass is 11.3. The Balaban J connectivity index is 3.14. The van der Waals surface area contributed by atoms with Gasteiger partial charge in [0.1, 0.15) is 0 Å². The highest BCUT2D eigenvalue weighted by atomic mass is 28.5. The minimum Gasteiger partial charge on any atom is -0.413 e. The molecule has 0 aromatic rings. The Bertz CT molecular complexity index is 306. The van der Waals surface area contributed by atoms with E-state index < -0.39 is 34.2 Å². The van der Waals surface area contributed by atoms with Crippen LogP contribution < -0.4 is 0 Å². The molecule has 0 aromatic heterocycles. The third-order valence-electron chi connectivity index (χ3n) is 2.54. The normalized spacial score (nSPS) is 39.4. The van der Waals surface area contributed by atoms with Gasteiger partial charge in [0.05, 0.1) is 0 Å². The third-order valence-corrected chi connectivity index (χ3v) is 18.4. The predicted octanol–water partition coefficient (Wildman–Crippen LogP) is 3.06. The van der Waals surface area contributed by atoms with E-state index >= 15 is 0 Å². The van der Waals surface area contributed by atoms with Crippen LogP contribution in [0.25, 0.3) is 0 Å². The van der Waals surface area contributed by atoms with Crippen molar-refractivity contribution in [2.75, 3.05) is 0 Å². The van der Waals surface area contributed by atoms with Gasteiger partial charge in [-0.3, -0.25) is 0 Å². The molecular weight excluding hydrogens is 296 g/mol. The van der Waals surface area contributed by atoms with E-state index in [9.17, 15) is 0 Å². The van der Waals surface area contributed by atoms with Gasteiger partial charge in [-0.15, -0.1) is 13.2 Å². The van der Waals surface area contributed by atoms with Gasteiger partial charge in [-0.25, -0.2) is 0 Å². The van der Waals surface area contributed by atoms with E-state index in [1.54, 1.807) is 11.4 Å². The first-order valence-electron chi connectivity index (χ1n) is 6.03. The second kappa shape index (κ2) is 4.94. The Morgan fingerprint density at radius 2 is 0.833 bits per heavy atom. The number of rotatable bonds is 2. The van der Waals surface area contributed by atoms with Crippen molar-refractivity contribution in [3.63, 3.8) is 0 Å². The molecule has 1 heterocycles. The van der Waals surface area contributed by atoms with Gasteiger partial charge in [0.15, 0.2) is 0 Å². The summed E-state index contributed by atoms with van der Waals surface area (Å²) in [5.41, 5.74) is 3.61. The first-order valence-corrected chi connectivity index (χ1v) is 16.4. The SMILES string of the molecule is C=C[Si]1(C)O[Si](C)(C)O[Si](C)(C=C)O[Si](C)(C)O1. The quantitative estimate of drug-likeness (QED) is 0.733. The van der Waals surface area contributed by atoms with Crippen LogP contribution in [0.1, 0.15) is 0 Å². The molecule has 8 heteroatoms. The second-order valence-electron chi connectivity index (χ2n) is 5.65. The van der Waals surface area contributed by atoms with Crippen LogP contribution in [0.15, 0.2) is 24.6 Å². The van der Waals surface area contributed by atoms with Gasteiger partial charge in [-0.1, -0.05) is 11.4 Å². The molecule has 1 rings (SSSR count). The van der Waals surface area contributed by atoms with Crippen LogP contribution in [0.3, 0.4) is 0 Å². The Kier molecular flexibility index (Phi) is 4.46. The van der Waals surface area contributed by atoms with Crippen molar-refractivity contribution >= 4 is 34.2 Å². The minimum atomic E-state index is -2.41. The zero-order valence-electron chi connectivity index (χ0n) is 12.2. The lowest BCUT2D eigenvalue weighted by Gasteiger charge is -2.46. The fourth-order valence-electron chi connectivity index (χ4n) is 2.20. The molecular formula is C10H24O4Si4. The molecule has 0 spiro atoms. The summed E-state index contributed by atoms with van der Waals surface area (Å²) >= 11 is 0. The van der Waals surface area contributed by atoms with Crippen LogP contribution in [0.2, 0.25) is 39.3 Å². The van der Waals surface area contributed by atoms with E-state index in [2.05, 4.69) is 13.2 Å². The molecule has 0 radical (unpaired) electrons. The van der Waals surface area contributed by atoms with Crippen LogP contribution >= 0.6 is 0 Å². The Hall–Kier alpha value is 0.188. The van der Waals surface area contributed by atoms with Crippen molar-refractivity contribution in [2.24, 2.45) is 0 Å². The summed E-state index contributed by atoms with van der Waals surface area (Å²) in [4.78, 5) is 0. The monoisotopic (exact) mass is 320 g/mol. The summed E-state index contributed by atoms with van der Waals surface area (Å²) in [6, 6.07) is 0. The molecule has 1 aliphatic rings. The Morgan fingerprint density at radius 1 is 0.611 bits per heavy atom. The summed E-state index contributed by atoms with van der Waals surface area (Å²) in [5.74, 6) is 0. The molecule has 1 saturated heterocycles. The molecule has 0 bridgehead atoms. The Morgan fingerprint density at radius 3 is 1.00 bits per heavy atom. The van der Waals surface area contributed by atoms with Crippen molar-refractivity contribution in [3.8, 4) is 0 Å². The van der Waals surface area contributed by atoms with Gasteiger partial charge in [-0.2, -0.15) is 0 Å². The van der Waals surface area contributed by atoms with Crippen molar-refractivity contribution in [1.82, 2.24) is 0 Å². The van der Waals surface area contributed by atoms with Gasteiger partial charge in [-0.05, 0) is 39.3 Å². The van der Waals surface area contributed by atoms with Gasteiger partial charge < -0.3 is 16.5 Å². The lowest BCUT2D eigenvalue weighted by molar-refractivity contribution is 0.244. The maximum atomic E-state index is 6.21. The average Bonchev–Trinajstić information content (AvgIpc) is 2.11. The van der Waals surface area contributed by atoms with Crippen molar-refractivity contribution in [1.29, 1.82) is 0 Å². The second-order valence-corrected chi connectivity index (χ2v) is 19.4. The minimum absolute atomic E-state index is 1.81. The molecule has 0 aliphatic carbocycles. The smallest absolute Gasteiger partial charge is 0.343 e. The lowest BCUT2D eigenvalue weighted by Crippen LogP contribution is -2.65. The first-order chi connectivity index (χ1) is 7.95. The largest absolute Gasteiger partial charge is 0.413 e. The highest BCUT2D eigenvalue weighted by Gasteiger charge is 2.52. The average molecular weight is 321 g/mol. The van der Waals surface area contributed by atoms with E-state index in [0.29, 0.717) is 0 Å². The third kappa shape index (κ3) is 4.10. The fourth-order valence-corrected chi connectivity index (χ4v) is 21.3. The molecule has 1 fully saturated rings. The number of hydrogen-bond donors (Lipinski definition) is 0. The van der Waals surface area contributed by atoms with Crippen molar-refractivity contribution < 1.29 is 16.5 Å². The van der Waals surface area contributed by atoms with E-state index in [1.807, 2.05) is 39.3 Å². The number of hydrogen-bond acceptors (Lipinski definition) is 4. The fraction of sp³-hybridized carbons (Fsp3) is 0.600. The molecule has 0 unspecified atom stereocenters. The van der Waals surface area contributed by atoms with Crippen LogP contribution in [0.5, 0.6) is 0 Å². The standard InChI is InChI=1S/C10H24O4Si4/c1-9-17(7)11-15(3,4)13-18(8,10-2)14-16(5,6)12-17/h9-10H,1-2H2,3-8H3. The summed E-state index contributed by atoms with van der Waals surface area (Å²) < 4.78 is 24.8. The van der Waals surface area contributed by atoms with Crippen molar-refractivity contribution in [2.45, 2.75) is 39.3 Å². The molecule has 0 atom stereocenters. The van der Waals surface area contributed by atoms with Gasteiger partial charge in [0.25, 0.3) is 0 Å². The zero-order valence-corrected chi connectivity index (χ0v) is 16.2. The van der Waals surface area contributed by atoms with Gasteiger partial charge in [0, 0.05) is 0 Å². The van der Waals surface area contributed by atoms with Crippen molar-refractivity contribution in [3.05, 3.63) is 24.6 Å². The maximum absolute atomic E-state index is 6.21. The molecule has 0 amide bonds. The summed E-state index contributed by atoms with van der Waals surface area (Å²) in [6.45, 7) is 19.8. The van der Waals surface area contributed by atoms with Crippen LogP contribution in [0, 0.1) is 0 Å². The van der Waals surface area contributed by atoms with Gasteiger partial charge in [0.2, 0.25) is 0 Å². The summed E-state index contributed by atoms with van der Waals surface area (Å²) in [5, 5.41) is 0. The first kappa shape index (κ1) is 16.2. The molecule has 1 aliphatic heterocycles. The molecule has 104 valence electrons. The van der Waals surface area contributed by atoms with Crippen LogP contribution in [0.4, 0.5) is 0 Å². The Labute approximate surface area is 115 Å². The molecule has 0 N–H and O–H groups in total. The molecule has 0 aromatic carbocycles. The zero-order chi connectivity index (χ0) is 14.2. The van der Waals surface area contributed by atoms with E-state index in [0.717, 1.165) is 0 Å². The van der Waals surface area contributed by atoms with E-state index in [1.165, 1.54) is 0 Å².